The Hall–Kier alpha value is -2.20. The smallest absolute Gasteiger partial charge is 0.160 e. The SMILES string of the molecule is COc1ccc(C(C)C2(Cc3cccc(O)c3O)CCCCN2)cc1. The minimum atomic E-state index is -0.141. The molecule has 0 amide bonds. The molecule has 2 aromatic carbocycles. The van der Waals surface area contributed by atoms with E-state index in [1.807, 2.05) is 18.2 Å². The van der Waals surface area contributed by atoms with E-state index >= 15 is 0 Å². The maximum atomic E-state index is 10.3. The van der Waals surface area contributed by atoms with Crippen LogP contribution in [0.5, 0.6) is 17.2 Å². The molecule has 1 fully saturated rings. The van der Waals surface area contributed by atoms with Crippen LogP contribution >= 0.6 is 0 Å². The third kappa shape index (κ3) is 3.59. The number of ether oxygens (including phenoxy) is 1. The molecule has 25 heavy (non-hydrogen) atoms. The zero-order chi connectivity index (χ0) is 17.9. The number of aromatic hydroxyl groups is 2. The standard InChI is InChI=1S/C21H27NO3/c1-15(16-8-10-18(25-2)11-9-16)21(12-3-4-13-22-21)14-17-6-5-7-19(23)20(17)24/h5-11,15,22-24H,3-4,12-14H2,1-2H3. The molecule has 134 valence electrons. The molecule has 4 heteroatoms. The van der Waals surface area contributed by atoms with Crippen molar-refractivity contribution in [2.45, 2.75) is 44.1 Å². The van der Waals surface area contributed by atoms with Crippen LogP contribution in [0.15, 0.2) is 42.5 Å². The number of rotatable bonds is 5. The second-order valence-corrected chi connectivity index (χ2v) is 7.00. The molecule has 0 saturated carbocycles. The van der Waals surface area contributed by atoms with Crippen molar-refractivity contribution in [2.24, 2.45) is 0 Å². The molecule has 1 aliphatic heterocycles. The predicted octanol–water partition coefficient (Wildman–Crippen LogP) is 3.96. The van der Waals surface area contributed by atoms with Gasteiger partial charge in [0.05, 0.1) is 7.11 Å². The Morgan fingerprint density at radius 2 is 1.88 bits per heavy atom. The maximum Gasteiger partial charge on any atom is 0.160 e. The molecular formula is C21H27NO3. The fourth-order valence-electron chi connectivity index (χ4n) is 3.94. The second-order valence-electron chi connectivity index (χ2n) is 7.00. The predicted molar refractivity (Wildman–Crippen MR) is 99.5 cm³/mol. The number of methoxy groups -OCH3 is 1. The van der Waals surface area contributed by atoms with Crippen molar-refractivity contribution >= 4 is 0 Å². The Labute approximate surface area is 149 Å². The molecule has 4 nitrogen and oxygen atoms in total. The van der Waals surface area contributed by atoms with Gasteiger partial charge in [-0.3, -0.25) is 0 Å². The summed E-state index contributed by atoms with van der Waals surface area (Å²) in [6.07, 6.45) is 4.05. The zero-order valence-corrected chi connectivity index (χ0v) is 15.0. The monoisotopic (exact) mass is 341 g/mol. The van der Waals surface area contributed by atoms with Crippen LogP contribution < -0.4 is 10.1 Å². The van der Waals surface area contributed by atoms with E-state index in [1.165, 1.54) is 18.1 Å². The van der Waals surface area contributed by atoms with Crippen molar-refractivity contribution in [3.8, 4) is 17.2 Å². The van der Waals surface area contributed by atoms with Gasteiger partial charge in [-0.05, 0) is 61.1 Å². The Kier molecular flexibility index (Phi) is 5.19. The summed E-state index contributed by atoms with van der Waals surface area (Å²) in [6.45, 7) is 3.21. The molecule has 2 unspecified atom stereocenters. The lowest BCUT2D eigenvalue weighted by Crippen LogP contribution is -2.53. The van der Waals surface area contributed by atoms with E-state index in [0.717, 1.165) is 30.7 Å². The normalized spacial score (nSPS) is 21.7. The molecule has 3 N–H and O–H groups in total. The van der Waals surface area contributed by atoms with E-state index in [1.54, 1.807) is 13.2 Å². The highest BCUT2D eigenvalue weighted by Gasteiger charge is 2.38. The number of phenolic OH excluding ortho intramolecular Hbond substituents is 2. The largest absolute Gasteiger partial charge is 0.504 e. The van der Waals surface area contributed by atoms with Gasteiger partial charge in [0, 0.05) is 5.54 Å². The highest BCUT2D eigenvalue weighted by atomic mass is 16.5. The van der Waals surface area contributed by atoms with Crippen molar-refractivity contribution in [3.05, 3.63) is 53.6 Å². The van der Waals surface area contributed by atoms with Crippen LogP contribution in [0.4, 0.5) is 0 Å². The van der Waals surface area contributed by atoms with Gasteiger partial charge in [0.15, 0.2) is 11.5 Å². The van der Waals surface area contributed by atoms with Crippen molar-refractivity contribution in [3.63, 3.8) is 0 Å². The molecule has 3 rings (SSSR count). The fraction of sp³-hybridized carbons (Fsp3) is 0.429. The van der Waals surface area contributed by atoms with Gasteiger partial charge in [-0.25, -0.2) is 0 Å². The number of nitrogens with one attached hydrogen (secondary N) is 1. The first kappa shape index (κ1) is 17.6. The first-order valence-corrected chi connectivity index (χ1v) is 8.94. The van der Waals surface area contributed by atoms with Crippen LogP contribution in [-0.2, 0) is 6.42 Å². The number of hydrogen-bond acceptors (Lipinski definition) is 4. The van der Waals surface area contributed by atoms with E-state index < -0.39 is 0 Å². The van der Waals surface area contributed by atoms with Gasteiger partial charge in [0.1, 0.15) is 5.75 Å². The van der Waals surface area contributed by atoms with Gasteiger partial charge >= 0.3 is 0 Å². The summed E-state index contributed by atoms with van der Waals surface area (Å²) in [5, 5.41) is 23.8. The minimum absolute atomic E-state index is 0.00354. The van der Waals surface area contributed by atoms with Gasteiger partial charge in [0.25, 0.3) is 0 Å². The molecule has 0 bridgehead atoms. The van der Waals surface area contributed by atoms with Gasteiger partial charge in [0.2, 0.25) is 0 Å². The number of benzene rings is 2. The molecule has 1 aliphatic rings. The van der Waals surface area contributed by atoms with Crippen molar-refractivity contribution < 1.29 is 14.9 Å². The van der Waals surface area contributed by atoms with Crippen LogP contribution in [0.25, 0.3) is 0 Å². The molecule has 1 heterocycles. The molecule has 0 aromatic heterocycles. The highest BCUT2D eigenvalue weighted by Crippen LogP contribution is 2.40. The van der Waals surface area contributed by atoms with E-state index in [9.17, 15) is 10.2 Å². The summed E-state index contributed by atoms with van der Waals surface area (Å²) in [5.74, 6) is 1.06. The Bertz CT molecular complexity index is 706. The Balaban J connectivity index is 1.93. The topological polar surface area (TPSA) is 61.7 Å². The summed E-state index contributed by atoms with van der Waals surface area (Å²) < 4.78 is 5.27. The van der Waals surface area contributed by atoms with E-state index in [-0.39, 0.29) is 23.0 Å². The summed E-state index contributed by atoms with van der Waals surface area (Å²) in [4.78, 5) is 0. The van der Waals surface area contributed by atoms with Crippen LogP contribution in [0, 0.1) is 0 Å². The third-order valence-electron chi connectivity index (χ3n) is 5.58. The summed E-state index contributed by atoms with van der Waals surface area (Å²) in [6, 6.07) is 13.4. The third-order valence-corrected chi connectivity index (χ3v) is 5.58. The molecule has 2 atom stereocenters. The van der Waals surface area contributed by atoms with Crippen molar-refractivity contribution in [1.29, 1.82) is 0 Å². The number of phenols is 2. The quantitative estimate of drug-likeness (QED) is 0.720. The molecule has 1 saturated heterocycles. The lowest BCUT2D eigenvalue weighted by Gasteiger charge is -2.44. The number of hydrogen-bond donors (Lipinski definition) is 3. The number of para-hydroxylation sites is 1. The molecule has 0 aliphatic carbocycles. The summed E-state index contributed by atoms with van der Waals surface area (Å²) in [7, 11) is 1.67. The van der Waals surface area contributed by atoms with Crippen LogP contribution in [0.1, 0.15) is 43.2 Å². The lowest BCUT2D eigenvalue weighted by atomic mass is 9.71. The van der Waals surface area contributed by atoms with Crippen molar-refractivity contribution in [1.82, 2.24) is 5.32 Å². The summed E-state index contributed by atoms with van der Waals surface area (Å²) in [5.41, 5.74) is 1.89. The van der Waals surface area contributed by atoms with Gasteiger partial charge in [-0.15, -0.1) is 0 Å². The number of piperidine rings is 1. The van der Waals surface area contributed by atoms with Crippen LogP contribution in [0.3, 0.4) is 0 Å². The first-order valence-electron chi connectivity index (χ1n) is 8.94. The average Bonchev–Trinajstić information content (AvgIpc) is 2.66. The van der Waals surface area contributed by atoms with Gasteiger partial charge in [-0.1, -0.05) is 37.6 Å². The Morgan fingerprint density at radius 1 is 1.12 bits per heavy atom. The van der Waals surface area contributed by atoms with Gasteiger partial charge in [-0.2, -0.15) is 0 Å². The maximum absolute atomic E-state index is 10.3. The first-order chi connectivity index (χ1) is 12.1. The molecule has 0 spiro atoms. The molecular weight excluding hydrogens is 314 g/mol. The Morgan fingerprint density at radius 3 is 2.52 bits per heavy atom. The van der Waals surface area contributed by atoms with Crippen LogP contribution in [0.2, 0.25) is 0 Å². The van der Waals surface area contributed by atoms with E-state index in [4.69, 9.17) is 4.74 Å². The summed E-state index contributed by atoms with van der Waals surface area (Å²) >= 11 is 0. The van der Waals surface area contributed by atoms with Gasteiger partial charge < -0.3 is 20.3 Å². The van der Waals surface area contributed by atoms with Crippen LogP contribution in [-0.4, -0.2) is 29.4 Å². The highest BCUT2D eigenvalue weighted by molar-refractivity contribution is 5.45. The molecule has 0 radical (unpaired) electrons. The lowest BCUT2D eigenvalue weighted by molar-refractivity contribution is 0.212. The minimum Gasteiger partial charge on any atom is -0.504 e. The molecule has 2 aromatic rings. The average molecular weight is 341 g/mol. The zero-order valence-electron chi connectivity index (χ0n) is 15.0. The van der Waals surface area contributed by atoms with E-state index in [2.05, 4.69) is 24.4 Å². The van der Waals surface area contributed by atoms with E-state index in [0.29, 0.717) is 6.42 Å². The fourth-order valence-corrected chi connectivity index (χ4v) is 3.94. The second kappa shape index (κ2) is 7.36. The van der Waals surface area contributed by atoms with Crippen molar-refractivity contribution in [2.75, 3.05) is 13.7 Å².